The molecule has 0 heterocycles. The fourth-order valence-electron chi connectivity index (χ4n) is 1.84. The monoisotopic (exact) mass is 279 g/mol. The van der Waals surface area contributed by atoms with Gasteiger partial charge in [-0.25, -0.2) is 17.5 Å². The zero-order valence-corrected chi connectivity index (χ0v) is 11.2. The number of sulfonamides is 1. The fourth-order valence-corrected chi connectivity index (χ4v) is 2.54. The highest BCUT2D eigenvalue weighted by Gasteiger charge is 2.17. The Bertz CT molecular complexity index is 639. The lowest BCUT2D eigenvalue weighted by Crippen LogP contribution is -2.28. The van der Waals surface area contributed by atoms with Crippen LogP contribution in [0.25, 0.3) is 0 Å². The molecule has 1 atom stereocenters. The summed E-state index contributed by atoms with van der Waals surface area (Å²) in [5.74, 6) is -0.352. The van der Waals surface area contributed by atoms with E-state index in [0.29, 0.717) is 5.56 Å². The summed E-state index contributed by atoms with van der Waals surface area (Å²) >= 11 is 0. The van der Waals surface area contributed by atoms with Gasteiger partial charge in [-0.3, -0.25) is 0 Å². The summed E-state index contributed by atoms with van der Waals surface area (Å²) < 4.78 is 38.4. The zero-order chi connectivity index (χ0) is 13.9. The summed E-state index contributed by atoms with van der Waals surface area (Å²) in [5.41, 5.74) is 1.50. The quantitative estimate of drug-likeness (QED) is 0.934. The van der Waals surface area contributed by atoms with Gasteiger partial charge >= 0.3 is 0 Å². The molecule has 0 saturated heterocycles. The molecule has 19 heavy (non-hydrogen) atoms. The lowest BCUT2D eigenvalue weighted by molar-refractivity contribution is 0.578. The molecule has 0 fully saturated rings. The molecule has 2 rings (SSSR count). The van der Waals surface area contributed by atoms with E-state index in [1.807, 2.05) is 30.3 Å². The van der Waals surface area contributed by atoms with Crippen molar-refractivity contribution in [3.05, 3.63) is 71.5 Å². The van der Waals surface area contributed by atoms with Crippen LogP contribution in [0.15, 0.2) is 54.6 Å². The highest BCUT2D eigenvalue weighted by molar-refractivity contribution is 7.88. The fraction of sp³-hybridized carbons (Fsp3) is 0.143. The van der Waals surface area contributed by atoms with Crippen molar-refractivity contribution in [2.75, 3.05) is 6.26 Å². The van der Waals surface area contributed by atoms with Gasteiger partial charge < -0.3 is 0 Å². The van der Waals surface area contributed by atoms with Crippen molar-refractivity contribution in [3.63, 3.8) is 0 Å². The molecule has 0 amide bonds. The molecule has 0 bridgehead atoms. The standard InChI is InChI=1S/C14H14FNO2S/c1-19(17,18)16-14(11-5-3-2-4-6-11)12-7-9-13(15)10-8-12/h2-10,14,16H,1H3. The van der Waals surface area contributed by atoms with E-state index in [2.05, 4.69) is 4.72 Å². The highest BCUT2D eigenvalue weighted by Crippen LogP contribution is 2.22. The molecule has 0 saturated carbocycles. The van der Waals surface area contributed by atoms with E-state index >= 15 is 0 Å². The first kappa shape index (κ1) is 13.7. The first-order valence-corrected chi connectivity index (χ1v) is 7.62. The van der Waals surface area contributed by atoms with E-state index in [9.17, 15) is 12.8 Å². The topological polar surface area (TPSA) is 46.2 Å². The lowest BCUT2D eigenvalue weighted by atomic mass is 10.00. The van der Waals surface area contributed by atoms with Crippen LogP contribution in [-0.4, -0.2) is 14.7 Å². The maximum absolute atomic E-state index is 13.0. The Morgan fingerprint density at radius 1 is 0.947 bits per heavy atom. The molecule has 0 radical (unpaired) electrons. The molecule has 0 aromatic heterocycles. The Hall–Kier alpha value is -1.72. The Labute approximate surface area is 112 Å². The Morgan fingerprint density at radius 2 is 1.47 bits per heavy atom. The van der Waals surface area contributed by atoms with E-state index in [1.54, 1.807) is 12.1 Å². The number of hydrogen-bond acceptors (Lipinski definition) is 2. The second kappa shape index (κ2) is 5.50. The van der Waals surface area contributed by atoms with Gasteiger partial charge in [0.2, 0.25) is 10.0 Å². The van der Waals surface area contributed by atoms with E-state index in [-0.39, 0.29) is 5.82 Å². The normalized spacial score (nSPS) is 13.2. The molecule has 100 valence electrons. The van der Waals surface area contributed by atoms with E-state index in [0.717, 1.165) is 11.8 Å². The second-order valence-electron chi connectivity index (χ2n) is 4.29. The third-order valence-electron chi connectivity index (χ3n) is 2.67. The summed E-state index contributed by atoms with van der Waals surface area (Å²) in [7, 11) is -3.37. The second-order valence-corrected chi connectivity index (χ2v) is 6.07. The third-order valence-corrected chi connectivity index (χ3v) is 3.33. The van der Waals surface area contributed by atoms with Crippen molar-refractivity contribution in [1.29, 1.82) is 0 Å². The van der Waals surface area contributed by atoms with Crippen LogP contribution in [0.1, 0.15) is 17.2 Å². The molecule has 2 aromatic carbocycles. The Kier molecular flexibility index (Phi) is 3.97. The van der Waals surface area contributed by atoms with Gasteiger partial charge in [0.05, 0.1) is 12.3 Å². The predicted octanol–water partition coefficient (Wildman–Crippen LogP) is 2.46. The SMILES string of the molecule is CS(=O)(=O)NC(c1ccccc1)c1ccc(F)cc1. The van der Waals surface area contributed by atoms with Gasteiger partial charge in [0, 0.05) is 0 Å². The first-order chi connectivity index (χ1) is 8.96. The number of benzene rings is 2. The summed E-state index contributed by atoms with van der Waals surface area (Å²) in [6.07, 6.45) is 1.10. The Morgan fingerprint density at radius 3 is 2.00 bits per heavy atom. The zero-order valence-electron chi connectivity index (χ0n) is 10.4. The van der Waals surface area contributed by atoms with Crippen molar-refractivity contribution in [1.82, 2.24) is 4.72 Å². The number of rotatable bonds is 4. The van der Waals surface area contributed by atoms with Gasteiger partial charge in [0.15, 0.2) is 0 Å². The third kappa shape index (κ3) is 3.87. The van der Waals surface area contributed by atoms with Crippen molar-refractivity contribution in [2.24, 2.45) is 0 Å². The lowest BCUT2D eigenvalue weighted by Gasteiger charge is -2.18. The van der Waals surface area contributed by atoms with Gasteiger partial charge in [-0.05, 0) is 23.3 Å². The van der Waals surface area contributed by atoms with Gasteiger partial charge in [-0.1, -0.05) is 42.5 Å². The molecule has 0 aliphatic heterocycles. The van der Waals surface area contributed by atoms with Crippen LogP contribution in [0.4, 0.5) is 4.39 Å². The summed E-state index contributed by atoms with van der Waals surface area (Å²) in [6.45, 7) is 0. The smallest absolute Gasteiger partial charge is 0.209 e. The molecule has 5 heteroatoms. The van der Waals surface area contributed by atoms with Crippen LogP contribution in [0, 0.1) is 5.82 Å². The van der Waals surface area contributed by atoms with Crippen molar-refractivity contribution in [3.8, 4) is 0 Å². The van der Waals surface area contributed by atoms with Crippen molar-refractivity contribution >= 4 is 10.0 Å². The minimum Gasteiger partial charge on any atom is -0.213 e. The average Bonchev–Trinajstić information content (AvgIpc) is 2.37. The molecular formula is C14H14FNO2S. The van der Waals surface area contributed by atoms with Gasteiger partial charge in [0.1, 0.15) is 5.82 Å². The molecule has 0 aliphatic carbocycles. The summed E-state index contributed by atoms with van der Waals surface area (Å²) in [5, 5.41) is 0. The summed E-state index contributed by atoms with van der Waals surface area (Å²) in [4.78, 5) is 0. The van der Waals surface area contributed by atoms with Crippen LogP contribution in [0.3, 0.4) is 0 Å². The van der Waals surface area contributed by atoms with E-state index in [4.69, 9.17) is 0 Å². The largest absolute Gasteiger partial charge is 0.213 e. The molecule has 2 aromatic rings. The average molecular weight is 279 g/mol. The highest BCUT2D eigenvalue weighted by atomic mass is 32.2. The van der Waals surface area contributed by atoms with Crippen molar-refractivity contribution in [2.45, 2.75) is 6.04 Å². The first-order valence-electron chi connectivity index (χ1n) is 5.73. The number of halogens is 1. The Balaban J connectivity index is 2.43. The molecule has 1 unspecified atom stereocenters. The number of hydrogen-bond donors (Lipinski definition) is 1. The van der Waals surface area contributed by atoms with Gasteiger partial charge in [-0.15, -0.1) is 0 Å². The molecule has 0 spiro atoms. The van der Waals surface area contributed by atoms with Crippen LogP contribution < -0.4 is 4.72 Å². The van der Waals surface area contributed by atoms with Crippen LogP contribution in [0.2, 0.25) is 0 Å². The molecule has 0 aliphatic rings. The van der Waals surface area contributed by atoms with Gasteiger partial charge in [0.25, 0.3) is 0 Å². The van der Waals surface area contributed by atoms with Crippen LogP contribution >= 0.6 is 0 Å². The summed E-state index contributed by atoms with van der Waals surface area (Å²) in [6, 6.07) is 14.4. The van der Waals surface area contributed by atoms with Crippen molar-refractivity contribution < 1.29 is 12.8 Å². The maximum Gasteiger partial charge on any atom is 0.209 e. The molecule has 1 N–H and O–H groups in total. The van der Waals surface area contributed by atoms with Gasteiger partial charge in [-0.2, -0.15) is 0 Å². The molecule has 3 nitrogen and oxygen atoms in total. The minimum absolute atomic E-state index is 0.352. The minimum atomic E-state index is -3.37. The maximum atomic E-state index is 13.0. The van der Waals surface area contributed by atoms with E-state index in [1.165, 1.54) is 12.1 Å². The predicted molar refractivity (Wildman–Crippen MR) is 72.7 cm³/mol. The van der Waals surface area contributed by atoms with Crippen LogP contribution in [0.5, 0.6) is 0 Å². The number of nitrogens with one attached hydrogen (secondary N) is 1. The van der Waals surface area contributed by atoms with E-state index < -0.39 is 16.1 Å². The van der Waals surface area contributed by atoms with Crippen LogP contribution in [-0.2, 0) is 10.0 Å². The molecular weight excluding hydrogens is 265 g/mol.